The van der Waals surface area contributed by atoms with Crippen molar-refractivity contribution in [3.8, 4) is 0 Å². The summed E-state index contributed by atoms with van der Waals surface area (Å²) >= 11 is 0. The molecule has 6 amide bonds. The number of aliphatic hydroxyl groups excluding tert-OH is 1. The predicted molar refractivity (Wildman–Crippen MR) is 339 cm³/mol. The molecule has 2 aromatic carbocycles. The van der Waals surface area contributed by atoms with E-state index in [4.69, 9.17) is 61.6 Å². The fraction of sp³-hybridized carbons (Fsp3) is 0.701. The second-order valence-electron chi connectivity index (χ2n) is 29.4. The van der Waals surface area contributed by atoms with E-state index in [-0.39, 0.29) is 50.1 Å². The van der Waals surface area contributed by atoms with E-state index in [1.54, 1.807) is 140 Å². The lowest BCUT2D eigenvalue weighted by atomic mass is 9.82. The molecule has 5 aliphatic rings. The minimum absolute atomic E-state index is 0.0806. The van der Waals surface area contributed by atoms with Gasteiger partial charge in [0.1, 0.15) is 64.6 Å². The van der Waals surface area contributed by atoms with Gasteiger partial charge in [0.15, 0.2) is 30.6 Å². The van der Waals surface area contributed by atoms with Crippen molar-refractivity contribution in [3.05, 3.63) is 71.8 Å². The fourth-order valence-electron chi connectivity index (χ4n) is 11.4. The zero-order valence-electron chi connectivity index (χ0n) is 57.4. The molecule has 1 spiro atoms. The lowest BCUT2D eigenvalue weighted by Gasteiger charge is -2.54. The smallest absolute Gasteiger partial charge is 0.408 e. The van der Waals surface area contributed by atoms with Gasteiger partial charge in [0, 0.05) is 32.4 Å². The number of rotatable bonds is 18. The normalized spacial score (nSPS) is 27.3. The summed E-state index contributed by atoms with van der Waals surface area (Å²) in [7, 11) is 0. The van der Waals surface area contributed by atoms with Gasteiger partial charge in [-0.15, -0.1) is 0 Å². The van der Waals surface area contributed by atoms with Crippen molar-refractivity contribution >= 4 is 48.3 Å². The molecule has 0 radical (unpaired) electrons. The molecule has 28 heteroatoms. The Morgan fingerprint density at radius 3 is 1.58 bits per heavy atom. The van der Waals surface area contributed by atoms with Crippen LogP contribution in [-0.4, -0.2) is 192 Å². The van der Waals surface area contributed by atoms with Gasteiger partial charge in [-0.1, -0.05) is 42.8 Å². The minimum atomic E-state index is -2.05. The molecule has 2 saturated carbocycles. The largest absolute Gasteiger partial charge is 0.451 e. The van der Waals surface area contributed by atoms with E-state index in [1.807, 2.05) is 0 Å². The van der Waals surface area contributed by atoms with Gasteiger partial charge in [-0.05, 0) is 160 Å². The quantitative estimate of drug-likeness (QED) is 0.0551. The van der Waals surface area contributed by atoms with E-state index in [9.17, 15) is 38.7 Å². The molecule has 3 heterocycles. The maximum absolute atomic E-state index is 15.3. The number of hydrogen-bond acceptors (Lipinski definition) is 22. The number of esters is 2. The number of fused-ring (bicyclic) bond motifs is 1. The van der Waals surface area contributed by atoms with Crippen molar-refractivity contribution in [1.82, 2.24) is 31.9 Å². The van der Waals surface area contributed by atoms with Crippen LogP contribution in [0.2, 0.25) is 0 Å². The lowest BCUT2D eigenvalue weighted by Crippen LogP contribution is -2.73. The summed E-state index contributed by atoms with van der Waals surface area (Å²) in [5.41, 5.74) is -4.65. The molecule has 95 heavy (non-hydrogen) atoms. The fourth-order valence-corrected chi connectivity index (χ4v) is 11.4. The number of hydrogen-bond donors (Lipinski definition) is 7. The Morgan fingerprint density at radius 2 is 1.03 bits per heavy atom. The first-order valence-electron chi connectivity index (χ1n) is 32.7. The number of amides is 6. The van der Waals surface area contributed by atoms with Crippen LogP contribution < -0.4 is 31.9 Å². The van der Waals surface area contributed by atoms with Gasteiger partial charge in [-0.25, -0.2) is 33.6 Å². The molecular weight excluding hydrogens is 1240 g/mol. The Labute approximate surface area is 555 Å². The van der Waals surface area contributed by atoms with Gasteiger partial charge in [-0.3, -0.25) is 4.79 Å². The van der Waals surface area contributed by atoms with Crippen molar-refractivity contribution in [2.75, 3.05) is 19.7 Å². The molecule has 0 bridgehead atoms. The summed E-state index contributed by atoms with van der Waals surface area (Å²) in [6.07, 6.45) is -16.5. The van der Waals surface area contributed by atoms with E-state index >= 15 is 4.79 Å². The van der Waals surface area contributed by atoms with E-state index in [0.717, 1.165) is 19.3 Å². The van der Waals surface area contributed by atoms with Crippen molar-refractivity contribution in [1.29, 1.82) is 0 Å². The summed E-state index contributed by atoms with van der Waals surface area (Å²) in [4.78, 5) is 112. The molecular formula is C67H100N6O22. The number of benzene rings is 2. The molecule has 530 valence electrons. The average Bonchev–Trinajstić information content (AvgIpc) is 0.753. The average molecular weight is 1340 g/mol. The number of nitrogens with one attached hydrogen (secondary N) is 6. The summed E-state index contributed by atoms with van der Waals surface area (Å²) in [5, 5.41) is 30.2. The summed E-state index contributed by atoms with van der Waals surface area (Å²) < 4.78 is 81.3. The van der Waals surface area contributed by atoms with Crippen LogP contribution in [0.3, 0.4) is 0 Å². The first kappa shape index (κ1) is 75.3. The van der Waals surface area contributed by atoms with Crippen LogP contribution in [0.25, 0.3) is 0 Å². The Hall–Kier alpha value is -7.08. The van der Waals surface area contributed by atoms with Crippen molar-refractivity contribution in [2.24, 2.45) is 0 Å². The van der Waals surface area contributed by atoms with Crippen LogP contribution >= 0.6 is 0 Å². The molecule has 28 nitrogen and oxygen atoms in total. The Morgan fingerprint density at radius 1 is 0.547 bits per heavy atom. The molecule has 0 aromatic heterocycles. The SMILES string of the molecule is CC(C)(C)OC(=O)NCC[C@H](OC(=O)c1ccccc1)C(=O)N[C@@H]1C[C@H](NC(=O)OC(C)(C)C)C(O[C@@H]2OC(CNC(=O)OC(C)(C)C)CCC2NC(=O)OC(C)(C)C)C(O)[C@@H]1O[C@@H]1OC2COC3(CCCCC3)O[C@@H]2[C@H](NC(=O)OC(C)(C)C)C1OC(=O)c1ccccc1. The van der Waals surface area contributed by atoms with Crippen LogP contribution in [-0.2, 0) is 66.4 Å². The van der Waals surface area contributed by atoms with Gasteiger partial charge in [-0.2, -0.15) is 0 Å². The predicted octanol–water partition coefficient (Wildman–Crippen LogP) is 7.88. The van der Waals surface area contributed by atoms with Crippen LogP contribution in [0.5, 0.6) is 0 Å². The maximum atomic E-state index is 15.3. The third-order valence-electron chi connectivity index (χ3n) is 15.3. The van der Waals surface area contributed by atoms with E-state index in [1.165, 1.54) is 24.3 Å². The first-order chi connectivity index (χ1) is 44.3. The van der Waals surface area contributed by atoms with Crippen LogP contribution in [0.15, 0.2) is 60.7 Å². The zero-order chi connectivity index (χ0) is 69.8. The maximum Gasteiger partial charge on any atom is 0.408 e. The van der Waals surface area contributed by atoms with Gasteiger partial charge >= 0.3 is 42.4 Å². The standard InChI is InChI=1S/C67H100N6O22/c1-62(2,3)91-57(78)68-34-31-44(85-53(76)38-25-19-16-20-26-38)52(75)70-42-35-43(72-60(81)94-65(10,11)12)49(88-55-41(71-59(80)93-64(7,8)9)30-29-40(84-55)36-69-58(79)92-63(4,5)6)47(74)48(42)89-56-51(87-54(77)39-27-21-17-22-28-39)46(73-61(82)95-66(13,14)15)50-45(86-56)37-83-67(90-50)32-23-18-24-33-67/h16-17,19-22,25-28,40-51,55-56,74H,18,23-24,29-37H2,1-15H3,(H,68,78)(H,69,79)(H,70,75)(H,71,80)(H,72,81)(H,73,82)/t40?,41?,42-,43+,44+,45?,46+,47?,48-,49?,50+,51?,55+,56+/m1/s1. The van der Waals surface area contributed by atoms with Gasteiger partial charge in [0.05, 0.1) is 42.0 Å². The summed E-state index contributed by atoms with van der Waals surface area (Å²) in [6.45, 7) is 24.5. The van der Waals surface area contributed by atoms with Crippen LogP contribution in [0.1, 0.15) is 182 Å². The summed E-state index contributed by atoms with van der Waals surface area (Å²) in [5.74, 6) is -3.90. The van der Waals surface area contributed by atoms with Crippen molar-refractivity contribution < 1.29 is 105 Å². The molecule has 14 atom stereocenters. The highest BCUT2D eigenvalue weighted by atomic mass is 16.8. The zero-order valence-corrected chi connectivity index (χ0v) is 57.4. The van der Waals surface area contributed by atoms with Gasteiger partial charge < -0.3 is 98.6 Å². The highest BCUT2D eigenvalue weighted by Crippen LogP contribution is 2.43. The highest BCUT2D eigenvalue weighted by molar-refractivity contribution is 5.92. The van der Waals surface area contributed by atoms with Gasteiger partial charge in [0.25, 0.3) is 5.91 Å². The molecule has 5 fully saturated rings. The number of aliphatic hydroxyl groups is 1. The first-order valence-corrected chi connectivity index (χ1v) is 32.7. The number of carbonyl (C=O) groups is 8. The monoisotopic (exact) mass is 1340 g/mol. The second kappa shape index (κ2) is 31.9. The molecule has 2 aromatic rings. The van der Waals surface area contributed by atoms with Crippen molar-refractivity contribution in [3.63, 3.8) is 0 Å². The minimum Gasteiger partial charge on any atom is -0.451 e. The molecule has 6 unspecified atom stereocenters. The number of carbonyl (C=O) groups excluding carboxylic acids is 8. The van der Waals surface area contributed by atoms with Gasteiger partial charge in [0.2, 0.25) is 0 Å². The third-order valence-corrected chi connectivity index (χ3v) is 15.3. The van der Waals surface area contributed by atoms with E-state index in [0.29, 0.717) is 12.8 Å². The number of ether oxygens (including phenoxy) is 13. The molecule has 2 aliphatic carbocycles. The third kappa shape index (κ3) is 23.6. The Bertz CT molecular complexity index is 2920. The Kier molecular flexibility index (Phi) is 25.3. The Balaban J connectivity index is 1.36. The molecule has 7 N–H and O–H groups in total. The second-order valence-corrected chi connectivity index (χ2v) is 29.4. The molecule has 3 saturated heterocycles. The lowest BCUT2D eigenvalue weighted by molar-refractivity contribution is -0.388. The number of alkyl carbamates (subject to hydrolysis) is 5. The highest BCUT2D eigenvalue weighted by Gasteiger charge is 2.59. The summed E-state index contributed by atoms with van der Waals surface area (Å²) in [6, 6.07) is 10.5. The van der Waals surface area contributed by atoms with E-state index < -0.39 is 174 Å². The van der Waals surface area contributed by atoms with Crippen molar-refractivity contribution in [2.45, 2.75) is 281 Å². The van der Waals surface area contributed by atoms with Crippen LogP contribution in [0, 0.1) is 0 Å². The molecule has 3 aliphatic heterocycles. The van der Waals surface area contributed by atoms with E-state index in [2.05, 4.69) is 31.9 Å². The molecule has 7 rings (SSSR count). The van der Waals surface area contributed by atoms with Crippen LogP contribution in [0.4, 0.5) is 24.0 Å². The topological polar surface area (TPSA) is 349 Å².